The number of nitrogens with one attached hydrogen (secondary N) is 1. The first-order chi connectivity index (χ1) is 24.2. The van der Waals surface area contributed by atoms with E-state index in [-0.39, 0.29) is 0 Å². The Morgan fingerprint density at radius 2 is 1.00 bits per heavy atom. The maximum absolute atomic E-state index is 5.42. The van der Waals surface area contributed by atoms with Crippen molar-refractivity contribution in [3.63, 3.8) is 0 Å². The van der Waals surface area contributed by atoms with Crippen molar-refractivity contribution in [1.82, 2.24) is 19.5 Å². The molecule has 9 rings (SSSR count). The molecule has 0 atom stereocenters. The first-order valence-electron chi connectivity index (χ1n) is 16.4. The van der Waals surface area contributed by atoms with Gasteiger partial charge in [0.2, 0.25) is 0 Å². The Morgan fingerprint density at radius 1 is 0.490 bits per heavy atom. The molecule has 230 valence electrons. The number of nitrogens with zero attached hydrogens (tertiary/aromatic N) is 3. The molecule has 4 nitrogen and oxygen atoms in total. The summed E-state index contributed by atoms with van der Waals surface area (Å²) in [6.07, 6.45) is 6.45. The normalized spacial score (nSPS) is 12.2. The van der Waals surface area contributed by atoms with Crippen molar-refractivity contribution < 1.29 is 0 Å². The van der Waals surface area contributed by atoms with Crippen molar-refractivity contribution >= 4 is 66.4 Å². The Bertz CT molecular complexity index is 2580. The first-order valence-corrected chi connectivity index (χ1v) is 18.0. The first kappa shape index (κ1) is 29.4. The fourth-order valence-electron chi connectivity index (χ4n) is 6.92. The summed E-state index contributed by atoms with van der Waals surface area (Å²) < 4.78 is 3.68. The van der Waals surface area contributed by atoms with E-state index in [1.54, 1.807) is 0 Å². The molecular formula is C44H30N4Sn. The molecule has 0 spiro atoms. The van der Waals surface area contributed by atoms with Crippen LogP contribution in [0.25, 0.3) is 83.0 Å². The van der Waals surface area contributed by atoms with Gasteiger partial charge in [-0.3, -0.25) is 0 Å². The molecule has 2 aliphatic rings. The molecule has 5 heterocycles. The molecule has 3 aromatic heterocycles. The van der Waals surface area contributed by atoms with E-state index in [0.717, 1.165) is 106 Å². The van der Waals surface area contributed by atoms with Gasteiger partial charge in [-0.2, -0.15) is 0 Å². The van der Waals surface area contributed by atoms with Gasteiger partial charge in [0.15, 0.2) is 0 Å². The molecule has 2 aliphatic heterocycles. The van der Waals surface area contributed by atoms with Crippen LogP contribution in [0, 0.1) is 0 Å². The summed E-state index contributed by atoms with van der Waals surface area (Å²) in [4.78, 5) is 14.1. The standard InChI is InChI=1S/C44H29N4.Sn.H/c1-5-13-30(14-6-1)41-39-26-25-36(47-39)28-35-22-21-33(45-35)27-34-23-24-37(46-34)29-40-42(31-15-7-2-8-16-31)43(32-17-9-3-10-18-32)44(41)48(40)38-19-11-4-12-20-38;;/h1-25,27-29,45H;;. The zero-order valence-corrected chi connectivity index (χ0v) is 29.9. The van der Waals surface area contributed by atoms with Gasteiger partial charge in [-0.15, -0.1) is 0 Å². The second-order valence-corrected chi connectivity index (χ2v) is 14.0. The molecule has 0 saturated carbocycles. The number of para-hydroxylation sites is 1. The van der Waals surface area contributed by atoms with Gasteiger partial charge in [-0.25, -0.2) is 0 Å². The second kappa shape index (κ2) is 12.4. The fraction of sp³-hybridized carbons (Fsp3) is 0. The number of hydrogen-bond acceptors (Lipinski definition) is 2. The number of aromatic nitrogens is 4. The quantitative estimate of drug-likeness (QED) is 0.183. The van der Waals surface area contributed by atoms with Gasteiger partial charge in [0.05, 0.1) is 0 Å². The van der Waals surface area contributed by atoms with Crippen LogP contribution in [-0.4, -0.2) is 42.0 Å². The van der Waals surface area contributed by atoms with Crippen molar-refractivity contribution in [2.75, 3.05) is 0 Å². The topological polar surface area (TPSA) is 46.5 Å². The summed E-state index contributed by atoms with van der Waals surface area (Å²) in [5.41, 5.74) is 15.8. The third-order valence-electron chi connectivity index (χ3n) is 9.01. The summed E-state index contributed by atoms with van der Waals surface area (Å²) in [5, 5.41) is 0. The van der Waals surface area contributed by atoms with Crippen LogP contribution in [0.5, 0.6) is 0 Å². The minimum absolute atomic E-state index is 0.896. The Kier molecular flexibility index (Phi) is 7.43. The third-order valence-corrected chi connectivity index (χ3v) is 10.3. The molecule has 0 fully saturated rings. The number of H-pyrrole nitrogens is 1. The van der Waals surface area contributed by atoms with E-state index in [0.29, 0.717) is 0 Å². The van der Waals surface area contributed by atoms with E-state index in [2.05, 4.69) is 179 Å². The van der Waals surface area contributed by atoms with Crippen molar-refractivity contribution in [3.05, 3.63) is 174 Å². The van der Waals surface area contributed by atoms with Crippen molar-refractivity contribution in [3.8, 4) is 39.1 Å². The van der Waals surface area contributed by atoms with Crippen LogP contribution in [0.4, 0.5) is 0 Å². The molecule has 7 aromatic rings. The van der Waals surface area contributed by atoms with Gasteiger partial charge in [0.25, 0.3) is 0 Å². The van der Waals surface area contributed by atoms with Crippen LogP contribution in [0.3, 0.4) is 0 Å². The molecule has 0 aliphatic carbocycles. The molecular weight excluding hydrogens is 703 g/mol. The molecule has 0 unspecified atom stereocenters. The summed E-state index contributed by atoms with van der Waals surface area (Å²) in [6.45, 7) is 0. The van der Waals surface area contributed by atoms with Gasteiger partial charge in [0, 0.05) is 0 Å². The summed E-state index contributed by atoms with van der Waals surface area (Å²) >= 11 is 0.918. The van der Waals surface area contributed by atoms with Gasteiger partial charge < -0.3 is 0 Å². The Hall–Kier alpha value is -5.72. The monoisotopic (exact) mass is 734 g/mol. The van der Waals surface area contributed by atoms with Crippen LogP contribution in [0.2, 0.25) is 0 Å². The summed E-state index contributed by atoms with van der Waals surface area (Å²) in [6, 6.07) is 53.7. The van der Waals surface area contributed by atoms with E-state index in [1.807, 2.05) is 0 Å². The number of benzene rings is 4. The summed E-state index contributed by atoms with van der Waals surface area (Å²) in [7, 11) is 0. The van der Waals surface area contributed by atoms with E-state index < -0.39 is 0 Å². The Morgan fingerprint density at radius 3 is 1.61 bits per heavy atom. The molecule has 0 amide bonds. The van der Waals surface area contributed by atoms with E-state index >= 15 is 0 Å². The molecule has 4 aromatic carbocycles. The Labute approximate surface area is 297 Å². The third kappa shape index (κ3) is 5.44. The zero-order valence-electron chi connectivity index (χ0n) is 26.6. The number of rotatable bonds is 4. The van der Waals surface area contributed by atoms with Crippen LogP contribution < -0.4 is 0 Å². The van der Waals surface area contributed by atoms with Crippen LogP contribution >= 0.6 is 0 Å². The minimum atomic E-state index is 0.896. The average Bonchev–Trinajstić information content (AvgIpc) is 3.93. The zero-order chi connectivity index (χ0) is 32.7. The van der Waals surface area contributed by atoms with E-state index in [9.17, 15) is 0 Å². The van der Waals surface area contributed by atoms with E-state index in [4.69, 9.17) is 9.97 Å². The molecule has 2 radical (unpaired) electrons. The Balaban J connectivity index is 1.63. The van der Waals surface area contributed by atoms with Crippen molar-refractivity contribution in [1.29, 1.82) is 0 Å². The molecule has 1 N–H and O–H groups in total. The molecule has 49 heavy (non-hydrogen) atoms. The molecule has 8 bridgehead atoms. The van der Waals surface area contributed by atoms with E-state index in [1.165, 1.54) is 3.59 Å². The van der Waals surface area contributed by atoms with Gasteiger partial charge >= 0.3 is 299 Å². The number of fused-ring (bicyclic) bond motifs is 8. The predicted octanol–water partition coefficient (Wildman–Crippen LogP) is 10.3. The summed E-state index contributed by atoms with van der Waals surface area (Å²) in [5.74, 6) is 0. The number of aromatic amines is 1. The van der Waals surface area contributed by atoms with Gasteiger partial charge in [-0.05, 0) is 0 Å². The SMILES string of the molecule is [SnH][C]1=Cc2cc3ccc(cc4nc(cc5c(-c6ccccc6)c(-c6ccccc6)c(c(-c6ccccc6)c1n2)n5-c1ccccc1)C=C4)[nH]3. The molecule has 0 saturated heterocycles. The number of hydrogen-bond donors (Lipinski definition) is 1. The van der Waals surface area contributed by atoms with Crippen LogP contribution in [0.1, 0.15) is 22.8 Å². The van der Waals surface area contributed by atoms with Crippen molar-refractivity contribution in [2.24, 2.45) is 0 Å². The maximum atomic E-state index is 5.42. The predicted molar refractivity (Wildman–Crippen MR) is 206 cm³/mol. The second-order valence-electron chi connectivity index (χ2n) is 12.2. The van der Waals surface area contributed by atoms with Crippen LogP contribution in [-0.2, 0) is 0 Å². The van der Waals surface area contributed by atoms with Crippen molar-refractivity contribution in [2.45, 2.75) is 0 Å². The van der Waals surface area contributed by atoms with Crippen LogP contribution in [0.15, 0.2) is 152 Å². The molecule has 5 heteroatoms. The van der Waals surface area contributed by atoms with Gasteiger partial charge in [-0.1, -0.05) is 0 Å². The van der Waals surface area contributed by atoms with Gasteiger partial charge in [0.1, 0.15) is 0 Å². The average molecular weight is 733 g/mol. The fourth-order valence-corrected chi connectivity index (χ4v) is 8.01.